The number of amides is 1. The molecule has 0 aliphatic carbocycles. The van der Waals surface area contributed by atoms with Crippen molar-refractivity contribution < 1.29 is 9.53 Å². The first-order valence-electron chi connectivity index (χ1n) is 9.95. The molecular formula is C23H27N4O2+. The van der Waals surface area contributed by atoms with Crippen molar-refractivity contribution in [3.05, 3.63) is 60.3 Å². The van der Waals surface area contributed by atoms with E-state index in [1.165, 1.54) is 0 Å². The lowest BCUT2D eigenvalue weighted by molar-refractivity contribution is 0.1000. The number of carbonyl (C=O) groups excluding carboxylic acids is 1. The van der Waals surface area contributed by atoms with Crippen molar-refractivity contribution in [1.29, 1.82) is 0 Å². The number of benzene rings is 2. The molecule has 0 saturated carbocycles. The number of nitrogens with zero attached hydrogens (tertiary/aromatic N) is 3. The van der Waals surface area contributed by atoms with Crippen LogP contribution in [-0.4, -0.2) is 31.3 Å². The smallest absolute Gasteiger partial charge is 0.248 e. The van der Waals surface area contributed by atoms with Gasteiger partial charge < -0.3 is 15.4 Å². The van der Waals surface area contributed by atoms with E-state index in [1.807, 2.05) is 55.5 Å². The molecule has 2 aromatic rings. The summed E-state index contributed by atoms with van der Waals surface area (Å²) in [6.45, 7) is 5.21. The molecule has 2 aliphatic heterocycles. The van der Waals surface area contributed by atoms with Gasteiger partial charge in [0.1, 0.15) is 17.6 Å². The molecule has 2 heterocycles. The third kappa shape index (κ3) is 3.29. The molecule has 1 amide bonds. The zero-order valence-electron chi connectivity index (χ0n) is 17.1. The van der Waals surface area contributed by atoms with Crippen molar-refractivity contribution in [1.82, 2.24) is 4.59 Å². The van der Waals surface area contributed by atoms with Gasteiger partial charge in [-0.15, -0.1) is 4.59 Å². The Morgan fingerprint density at radius 2 is 2.00 bits per heavy atom. The second kappa shape index (κ2) is 7.37. The Kier molecular flexibility index (Phi) is 4.88. The number of rotatable bonds is 5. The Morgan fingerprint density at radius 3 is 2.55 bits per heavy atom. The SMILES string of the molecule is COc1ccc([N+]2(c3cc(C(N)=O)ccc3N3CCCC3C)C=CC(C)=N2)cc1. The number of carbonyl (C=O) groups is 1. The summed E-state index contributed by atoms with van der Waals surface area (Å²) < 4.78 is 5.49. The Hall–Kier alpha value is -3.12. The maximum Gasteiger partial charge on any atom is 0.248 e. The molecule has 0 radical (unpaired) electrons. The van der Waals surface area contributed by atoms with Crippen LogP contribution in [0.5, 0.6) is 5.75 Å². The number of hydrogen-bond donors (Lipinski definition) is 1. The number of quaternary nitrogens is 1. The number of methoxy groups -OCH3 is 1. The van der Waals surface area contributed by atoms with Gasteiger partial charge in [-0.25, -0.2) is 0 Å². The summed E-state index contributed by atoms with van der Waals surface area (Å²) in [5, 5.41) is 5.00. The molecule has 6 nitrogen and oxygen atoms in total. The minimum atomic E-state index is -0.441. The highest BCUT2D eigenvalue weighted by molar-refractivity contribution is 5.99. The second-order valence-corrected chi connectivity index (χ2v) is 7.69. The summed E-state index contributed by atoms with van der Waals surface area (Å²) in [7, 11) is 1.65. The fourth-order valence-corrected chi connectivity index (χ4v) is 4.24. The standard InChI is InChI=1S/C23H26N4O2/c1-16-12-14-27(25-16,19-7-9-20(29-3)10-8-19)22-15-18(23(24)28)6-11-21(22)26-13-4-5-17(26)2/h6-12,14-15,17H,4-5,13H2,1-3H3,(H-,24,28)/p+1. The maximum atomic E-state index is 12.0. The predicted octanol–water partition coefficient (Wildman–Crippen LogP) is 4.33. The highest BCUT2D eigenvalue weighted by atomic mass is 16.5. The lowest BCUT2D eigenvalue weighted by Crippen LogP contribution is -2.35. The molecule has 6 heteroatoms. The average Bonchev–Trinajstić information content (AvgIpc) is 3.34. The first-order valence-corrected chi connectivity index (χ1v) is 9.95. The molecule has 1 fully saturated rings. The van der Waals surface area contributed by atoms with Crippen molar-refractivity contribution in [3.63, 3.8) is 0 Å². The van der Waals surface area contributed by atoms with Crippen molar-refractivity contribution in [2.24, 2.45) is 10.8 Å². The minimum Gasteiger partial charge on any atom is -0.497 e. The summed E-state index contributed by atoms with van der Waals surface area (Å²) in [5.74, 6) is 0.346. The molecule has 2 atom stereocenters. The van der Waals surface area contributed by atoms with Gasteiger partial charge in [0.2, 0.25) is 5.91 Å². The zero-order valence-corrected chi connectivity index (χ0v) is 17.1. The number of nitrogens with two attached hydrogens (primary N) is 1. The van der Waals surface area contributed by atoms with Crippen LogP contribution in [0.2, 0.25) is 0 Å². The van der Waals surface area contributed by atoms with E-state index in [1.54, 1.807) is 7.11 Å². The van der Waals surface area contributed by atoms with Crippen molar-refractivity contribution in [2.45, 2.75) is 32.7 Å². The van der Waals surface area contributed by atoms with Crippen LogP contribution in [-0.2, 0) is 0 Å². The van der Waals surface area contributed by atoms with Gasteiger partial charge in [-0.05, 0) is 51.0 Å². The number of allylic oxidation sites excluding steroid dienone is 1. The molecule has 0 spiro atoms. The fourth-order valence-electron chi connectivity index (χ4n) is 4.24. The number of anilines is 1. The minimum absolute atomic E-state index is 0.162. The van der Waals surface area contributed by atoms with E-state index in [0.717, 1.165) is 47.9 Å². The summed E-state index contributed by atoms with van der Waals surface area (Å²) in [6.07, 6.45) is 6.37. The fraction of sp³-hybridized carbons (Fsp3) is 0.304. The lowest BCUT2D eigenvalue weighted by Gasteiger charge is -2.32. The highest BCUT2D eigenvalue weighted by Gasteiger charge is 2.40. The number of hydrogen-bond acceptors (Lipinski definition) is 4. The van der Waals surface area contributed by atoms with E-state index >= 15 is 0 Å². The molecule has 29 heavy (non-hydrogen) atoms. The van der Waals surface area contributed by atoms with E-state index in [-0.39, 0.29) is 4.59 Å². The molecule has 0 bridgehead atoms. The predicted molar refractivity (Wildman–Crippen MR) is 118 cm³/mol. The Bertz CT molecular complexity index is 996. The van der Waals surface area contributed by atoms with Crippen molar-refractivity contribution in [3.8, 4) is 5.75 Å². The van der Waals surface area contributed by atoms with E-state index in [2.05, 4.69) is 18.0 Å². The topological polar surface area (TPSA) is 67.9 Å². The van der Waals surface area contributed by atoms with Gasteiger partial charge in [0.15, 0.2) is 11.4 Å². The van der Waals surface area contributed by atoms with Crippen LogP contribution in [0.4, 0.5) is 17.1 Å². The van der Waals surface area contributed by atoms with Crippen LogP contribution >= 0.6 is 0 Å². The first kappa shape index (κ1) is 19.2. The van der Waals surface area contributed by atoms with Gasteiger partial charge in [0.05, 0.1) is 12.8 Å². The number of ether oxygens (including phenoxy) is 1. The average molecular weight is 391 g/mol. The van der Waals surface area contributed by atoms with Gasteiger partial charge in [-0.2, -0.15) is 0 Å². The summed E-state index contributed by atoms with van der Waals surface area (Å²) >= 11 is 0. The van der Waals surface area contributed by atoms with Gasteiger partial charge in [0.25, 0.3) is 0 Å². The third-order valence-electron chi connectivity index (χ3n) is 5.80. The molecule has 0 aromatic heterocycles. The van der Waals surface area contributed by atoms with Crippen LogP contribution in [0.15, 0.2) is 59.8 Å². The summed E-state index contributed by atoms with van der Waals surface area (Å²) in [4.78, 5) is 14.4. The van der Waals surface area contributed by atoms with Gasteiger partial charge in [-0.1, -0.05) is 5.10 Å². The van der Waals surface area contributed by atoms with Crippen LogP contribution in [0.3, 0.4) is 0 Å². The van der Waals surface area contributed by atoms with E-state index in [4.69, 9.17) is 15.6 Å². The Labute approximate surface area is 171 Å². The van der Waals surface area contributed by atoms with Crippen LogP contribution < -0.4 is 20.0 Å². The van der Waals surface area contributed by atoms with Gasteiger partial charge >= 0.3 is 0 Å². The van der Waals surface area contributed by atoms with Gasteiger partial charge in [-0.3, -0.25) is 4.79 Å². The van der Waals surface area contributed by atoms with Crippen LogP contribution in [0.1, 0.15) is 37.0 Å². The largest absolute Gasteiger partial charge is 0.497 e. The maximum absolute atomic E-state index is 12.0. The molecule has 1 saturated heterocycles. The summed E-state index contributed by atoms with van der Waals surface area (Å²) in [5.41, 5.74) is 10.0. The monoisotopic (exact) mass is 391 g/mol. The molecule has 4 rings (SSSR count). The zero-order chi connectivity index (χ0) is 20.6. The quantitative estimate of drug-likeness (QED) is 0.772. The van der Waals surface area contributed by atoms with E-state index in [0.29, 0.717) is 11.6 Å². The molecule has 2 N–H and O–H groups in total. The number of primary amides is 1. The summed E-state index contributed by atoms with van der Waals surface area (Å²) in [6, 6.07) is 14.0. The molecule has 150 valence electrons. The van der Waals surface area contributed by atoms with E-state index < -0.39 is 5.91 Å². The van der Waals surface area contributed by atoms with Crippen LogP contribution in [0.25, 0.3) is 0 Å². The van der Waals surface area contributed by atoms with Crippen molar-refractivity contribution in [2.75, 3.05) is 18.6 Å². The van der Waals surface area contributed by atoms with Gasteiger partial charge in [0, 0.05) is 42.4 Å². The normalized spacial score (nSPS) is 23.3. The third-order valence-corrected chi connectivity index (χ3v) is 5.80. The van der Waals surface area contributed by atoms with Crippen LogP contribution in [0, 0.1) is 0 Å². The lowest BCUT2D eigenvalue weighted by atomic mass is 10.1. The first-order chi connectivity index (χ1) is 13.9. The molecule has 2 aliphatic rings. The second-order valence-electron chi connectivity index (χ2n) is 7.69. The molecular weight excluding hydrogens is 364 g/mol. The molecule has 2 unspecified atom stereocenters. The van der Waals surface area contributed by atoms with E-state index in [9.17, 15) is 4.79 Å². The van der Waals surface area contributed by atoms with Crippen molar-refractivity contribution >= 4 is 28.7 Å². The Morgan fingerprint density at radius 1 is 1.24 bits per heavy atom. The molecule has 2 aromatic carbocycles. The Balaban J connectivity index is 1.95. The highest BCUT2D eigenvalue weighted by Crippen LogP contribution is 2.46.